The second-order valence-corrected chi connectivity index (χ2v) is 7.32. The van der Waals surface area contributed by atoms with Crippen LogP contribution in [0.5, 0.6) is 5.75 Å². The summed E-state index contributed by atoms with van der Waals surface area (Å²) in [6, 6.07) is 14.2. The van der Waals surface area contributed by atoms with E-state index in [2.05, 4.69) is 5.43 Å². The number of sulfonamides is 1. The number of hydrogen-bond donors (Lipinski definition) is 2. The van der Waals surface area contributed by atoms with Gasteiger partial charge in [0.25, 0.3) is 10.0 Å². The Bertz CT molecular complexity index is 1060. The van der Waals surface area contributed by atoms with Crippen LogP contribution in [0, 0.1) is 5.82 Å². The molecule has 0 saturated carbocycles. The SMILES string of the molecule is CCOc1ccc(S(=O)(=O)NNC(=O)c2ccc(-c3ccc(F)cc3)o2)cc1. The molecular formula is C19H17FN2O5S. The normalized spacial score (nSPS) is 11.2. The van der Waals surface area contributed by atoms with E-state index in [-0.39, 0.29) is 10.7 Å². The van der Waals surface area contributed by atoms with Crippen LogP contribution >= 0.6 is 0 Å². The number of halogens is 1. The third kappa shape index (κ3) is 4.56. The molecule has 2 N–H and O–H groups in total. The number of rotatable bonds is 7. The van der Waals surface area contributed by atoms with E-state index in [0.717, 1.165) is 0 Å². The molecule has 1 amide bonds. The quantitative estimate of drug-likeness (QED) is 0.590. The van der Waals surface area contributed by atoms with Crippen molar-refractivity contribution in [2.75, 3.05) is 6.61 Å². The van der Waals surface area contributed by atoms with E-state index in [9.17, 15) is 17.6 Å². The van der Waals surface area contributed by atoms with E-state index in [0.29, 0.717) is 23.7 Å². The number of amides is 1. The van der Waals surface area contributed by atoms with Crippen molar-refractivity contribution in [3.05, 3.63) is 72.2 Å². The molecule has 3 rings (SSSR count). The molecule has 1 heterocycles. The number of carbonyl (C=O) groups excluding carboxylic acids is 1. The van der Waals surface area contributed by atoms with E-state index < -0.39 is 21.7 Å². The molecule has 0 unspecified atom stereocenters. The summed E-state index contributed by atoms with van der Waals surface area (Å²) < 4.78 is 48.2. The van der Waals surface area contributed by atoms with Crippen molar-refractivity contribution in [1.82, 2.24) is 10.3 Å². The second-order valence-electron chi connectivity index (χ2n) is 5.63. The highest BCUT2D eigenvalue weighted by molar-refractivity contribution is 7.89. The van der Waals surface area contributed by atoms with Gasteiger partial charge in [0.05, 0.1) is 11.5 Å². The summed E-state index contributed by atoms with van der Waals surface area (Å²) in [4.78, 5) is 14.1. The van der Waals surface area contributed by atoms with Crippen LogP contribution in [-0.4, -0.2) is 20.9 Å². The maximum Gasteiger partial charge on any atom is 0.301 e. The van der Waals surface area contributed by atoms with Gasteiger partial charge in [-0.3, -0.25) is 10.2 Å². The standard InChI is InChI=1S/C19H17FN2O5S/c1-2-26-15-7-9-16(10-8-15)28(24,25)22-21-19(23)18-12-11-17(27-18)13-3-5-14(20)6-4-13/h3-12,22H,2H2,1H3,(H,21,23). The van der Waals surface area contributed by atoms with E-state index in [1.165, 1.54) is 60.7 Å². The Balaban J connectivity index is 1.65. The highest BCUT2D eigenvalue weighted by Crippen LogP contribution is 2.22. The van der Waals surface area contributed by atoms with Crippen LogP contribution in [0.25, 0.3) is 11.3 Å². The van der Waals surface area contributed by atoms with Gasteiger partial charge in [0.2, 0.25) is 0 Å². The van der Waals surface area contributed by atoms with Gasteiger partial charge in [-0.2, -0.15) is 0 Å². The Morgan fingerprint density at radius 2 is 1.71 bits per heavy atom. The fraction of sp³-hybridized carbons (Fsp3) is 0.105. The molecule has 3 aromatic rings. The Hall–Kier alpha value is -3.17. The largest absolute Gasteiger partial charge is 0.494 e. The Labute approximate surface area is 161 Å². The van der Waals surface area contributed by atoms with E-state index in [1.807, 2.05) is 11.8 Å². The molecule has 0 aliphatic rings. The molecule has 0 bridgehead atoms. The number of nitrogens with one attached hydrogen (secondary N) is 2. The molecule has 2 aromatic carbocycles. The molecule has 0 saturated heterocycles. The van der Waals surface area contributed by atoms with Crippen LogP contribution in [-0.2, 0) is 10.0 Å². The van der Waals surface area contributed by atoms with Crippen molar-refractivity contribution in [3.63, 3.8) is 0 Å². The fourth-order valence-electron chi connectivity index (χ4n) is 2.34. The summed E-state index contributed by atoms with van der Waals surface area (Å²) >= 11 is 0. The summed E-state index contributed by atoms with van der Waals surface area (Å²) in [6.45, 7) is 2.28. The number of benzene rings is 2. The number of furan rings is 1. The number of hydrazine groups is 1. The minimum atomic E-state index is -3.97. The van der Waals surface area contributed by atoms with Gasteiger partial charge in [-0.05, 0) is 67.6 Å². The van der Waals surface area contributed by atoms with Gasteiger partial charge in [0.15, 0.2) is 5.76 Å². The van der Waals surface area contributed by atoms with Crippen molar-refractivity contribution >= 4 is 15.9 Å². The highest BCUT2D eigenvalue weighted by atomic mass is 32.2. The first kappa shape index (κ1) is 19.6. The van der Waals surface area contributed by atoms with E-state index in [4.69, 9.17) is 9.15 Å². The highest BCUT2D eigenvalue weighted by Gasteiger charge is 2.18. The minimum Gasteiger partial charge on any atom is -0.494 e. The van der Waals surface area contributed by atoms with Crippen LogP contribution in [0.2, 0.25) is 0 Å². The van der Waals surface area contributed by atoms with Crippen molar-refractivity contribution in [2.24, 2.45) is 0 Å². The third-order valence-corrected chi connectivity index (χ3v) is 4.97. The lowest BCUT2D eigenvalue weighted by Crippen LogP contribution is -2.41. The summed E-state index contributed by atoms with van der Waals surface area (Å²) in [5.74, 6) is -0.387. The van der Waals surface area contributed by atoms with Crippen molar-refractivity contribution in [3.8, 4) is 17.1 Å². The molecule has 7 nitrogen and oxygen atoms in total. The lowest BCUT2D eigenvalue weighted by molar-refractivity contribution is 0.0918. The monoisotopic (exact) mass is 404 g/mol. The van der Waals surface area contributed by atoms with Crippen LogP contribution in [0.15, 0.2) is 70.0 Å². The van der Waals surface area contributed by atoms with Crippen LogP contribution in [0.1, 0.15) is 17.5 Å². The average Bonchev–Trinajstić information content (AvgIpc) is 3.18. The predicted octanol–water partition coefficient (Wildman–Crippen LogP) is 3.11. The lowest BCUT2D eigenvalue weighted by Gasteiger charge is -2.08. The third-order valence-electron chi connectivity index (χ3n) is 3.70. The second kappa shape index (κ2) is 8.24. The first-order valence-corrected chi connectivity index (χ1v) is 9.78. The molecule has 0 aliphatic carbocycles. The molecule has 28 heavy (non-hydrogen) atoms. The first-order chi connectivity index (χ1) is 13.4. The van der Waals surface area contributed by atoms with Crippen molar-refractivity contribution < 1.29 is 26.8 Å². The lowest BCUT2D eigenvalue weighted by atomic mass is 10.2. The first-order valence-electron chi connectivity index (χ1n) is 8.30. The molecule has 9 heteroatoms. The Kier molecular flexibility index (Phi) is 5.76. The van der Waals surface area contributed by atoms with Gasteiger partial charge in [0.1, 0.15) is 17.3 Å². The number of hydrogen-bond acceptors (Lipinski definition) is 5. The summed E-state index contributed by atoms with van der Waals surface area (Å²) in [6.07, 6.45) is 0. The zero-order chi connectivity index (χ0) is 20.1. The van der Waals surface area contributed by atoms with Crippen LogP contribution in [0.4, 0.5) is 4.39 Å². The maximum absolute atomic E-state index is 13.0. The number of ether oxygens (including phenoxy) is 1. The maximum atomic E-state index is 13.0. The molecule has 0 aliphatic heterocycles. The topological polar surface area (TPSA) is 97.6 Å². The van der Waals surface area contributed by atoms with Gasteiger partial charge >= 0.3 is 5.91 Å². The Morgan fingerprint density at radius 3 is 2.36 bits per heavy atom. The fourth-order valence-corrected chi connectivity index (χ4v) is 3.18. The molecule has 1 aromatic heterocycles. The average molecular weight is 404 g/mol. The van der Waals surface area contributed by atoms with Gasteiger partial charge < -0.3 is 9.15 Å². The van der Waals surface area contributed by atoms with E-state index in [1.54, 1.807) is 0 Å². The summed E-state index contributed by atoms with van der Waals surface area (Å²) in [5.41, 5.74) is 2.67. The molecular weight excluding hydrogens is 387 g/mol. The number of carbonyl (C=O) groups is 1. The smallest absolute Gasteiger partial charge is 0.301 e. The van der Waals surface area contributed by atoms with Gasteiger partial charge in [0, 0.05) is 5.56 Å². The summed E-state index contributed by atoms with van der Waals surface area (Å²) in [7, 11) is -3.97. The molecule has 0 atom stereocenters. The van der Waals surface area contributed by atoms with Crippen LogP contribution < -0.4 is 15.0 Å². The zero-order valence-corrected chi connectivity index (χ0v) is 15.6. The van der Waals surface area contributed by atoms with Gasteiger partial charge in [-0.15, -0.1) is 4.83 Å². The van der Waals surface area contributed by atoms with Gasteiger partial charge in [-0.1, -0.05) is 0 Å². The minimum absolute atomic E-state index is 0.0392. The Morgan fingerprint density at radius 1 is 1.04 bits per heavy atom. The van der Waals surface area contributed by atoms with Crippen LogP contribution in [0.3, 0.4) is 0 Å². The zero-order valence-electron chi connectivity index (χ0n) is 14.8. The predicted molar refractivity (Wildman–Crippen MR) is 99.5 cm³/mol. The van der Waals surface area contributed by atoms with Gasteiger partial charge in [-0.25, -0.2) is 12.8 Å². The van der Waals surface area contributed by atoms with Crippen molar-refractivity contribution in [1.29, 1.82) is 0 Å². The van der Waals surface area contributed by atoms with Crippen molar-refractivity contribution in [2.45, 2.75) is 11.8 Å². The molecule has 146 valence electrons. The molecule has 0 spiro atoms. The molecule has 0 radical (unpaired) electrons. The summed E-state index contributed by atoms with van der Waals surface area (Å²) in [5, 5.41) is 0. The molecule has 0 fully saturated rings. The van der Waals surface area contributed by atoms with E-state index >= 15 is 0 Å².